The lowest BCUT2D eigenvalue weighted by molar-refractivity contribution is -0.118. The van der Waals surface area contributed by atoms with E-state index in [1.54, 1.807) is 30.6 Å². The molecule has 3 N–H and O–H groups in total. The van der Waals surface area contributed by atoms with E-state index in [4.69, 9.17) is 10.5 Å². The van der Waals surface area contributed by atoms with Gasteiger partial charge in [0, 0.05) is 36.3 Å². The summed E-state index contributed by atoms with van der Waals surface area (Å²) < 4.78 is 32.9. The fourth-order valence-corrected chi connectivity index (χ4v) is 3.43. The lowest BCUT2D eigenvalue weighted by Gasteiger charge is -2.15. The zero-order chi connectivity index (χ0) is 23.4. The molecule has 0 fully saturated rings. The number of methoxy groups -OCH3 is 1. The van der Waals surface area contributed by atoms with Gasteiger partial charge in [-0.2, -0.15) is 0 Å². The van der Waals surface area contributed by atoms with Crippen molar-refractivity contribution in [1.82, 2.24) is 15.0 Å². The van der Waals surface area contributed by atoms with Gasteiger partial charge in [0.15, 0.2) is 17.5 Å². The summed E-state index contributed by atoms with van der Waals surface area (Å²) >= 11 is 0. The van der Waals surface area contributed by atoms with Crippen LogP contribution in [0.15, 0.2) is 54.9 Å². The molecule has 4 aromatic rings. The Balaban J connectivity index is 1.86. The molecule has 0 atom stereocenters. The molecule has 0 saturated heterocycles. The molecule has 7 nitrogen and oxygen atoms in total. The zero-order valence-electron chi connectivity index (χ0n) is 17.8. The van der Waals surface area contributed by atoms with Crippen molar-refractivity contribution in [2.45, 2.75) is 12.8 Å². The number of carbonyl (C=O) groups excluding carboxylic acids is 1. The van der Waals surface area contributed by atoms with E-state index >= 15 is 0 Å². The van der Waals surface area contributed by atoms with Crippen LogP contribution in [-0.4, -0.2) is 34.5 Å². The third kappa shape index (κ3) is 4.87. The number of carbonyl (C=O) groups is 1. The number of nitrogens with one attached hydrogen (secondary N) is 1. The Kier molecular flexibility index (Phi) is 6.39. The Morgan fingerprint density at radius 1 is 1.06 bits per heavy atom. The van der Waals surface area contributed by atoms with Crippen LogP contribution in [0.3, 0.4) is 0 Å². The number of aromatic nitrogens is 3. The summed E-state index contributed by atoms with van der Waals surface area (Å²) in [4.78, 5) is 24.6. The first-order valence-electron chi connectivity index (χ1n) is 10.2. The Morgan fingerprint density at radius 3 is 2.61 bits per heavy atom. The Labute approximate surface area is 188 Å². The minimum atomic E-state index is -0.945. The van der Waals surface area contributed by atoms with Gasteiger partial charge in [0.25, 0.3) is 0 Å². The molecule has 0 radical (unpaired) electrons. The third-order valence-corrected chi connectivity index (χ3v) is 5.05. The number of ether oxygens (including phenoxy) is 1. The number of fused-ring (bicyclic) bond motifs is 1. The van der Waals surface area contributed by atoms with Crippen LogP contribution in [0, 0.1) is 11.6 Å². The smallest absolute Gasteiger partial charge is 0.217 e. The van der Waals surface area contributed by atoms with Crippen LogP contribution in [0.2, 0.25) is 0 Å². The standard InChI is InChI=1S/C24H21F2N5O2/c1-33-20-12-16(14-6-7-18(25)19(26)11-14)10-17-22(20)30-23(15-4-2-8-28-13-15)31-24(17)29-9-3-5-21(27)32/h2,4,6-8,10-13H,3,5,9H2,1H3,(H2,27,32)(H,29,30,31). The van der Waals surface area contributed by atoms with Crippen LogP contribution in [0.4, 0.5) is 14.6 Å². The summed E-state index contributed by atoms with van der Waals surface area (Å²) in [6.45, 7) is 0.444. The number of amides is 1. The SMILES string of the molecule is COc1cc(-c2ccc(F)c(F)c2)cc2c(NCCCC(N)=O)nc(-c3cccnc3)nc12. The maximum atomic E-state index is 13.9. The van der Waals surface area contributed by atoms with E-state index in [1.807, 2.05) is 6.07 Å². The second kappa shape index (κ2) is 9.56. The number of hydrogen-bond donors (Lipinski definition) is 2. The maximum Gasteiger partial charge on any atom is 0.217 e. The monoisotopic (exact) mass is 449 g/mol. The van der Waals surface area contributed by atoms with E-state index in [-0.39, 0.29) is 12.3 Å². The fourth-order valence-electron chi connectivity index (χ4n) is 3.43. The Morgan fingerprint density at radius 2 is 1.91 bits per heavy atom. The van der Waals surface area contributed by atoms with Gasteiger partial charge in [-0.05, 0) is 53.9 Å². The highest BCUT2D eigenvalue weighted by Gasteiger charge is 2.16. The van der Waals surface area contributed by atoms with Gasteiger partial charge >= 0.3 is 0 Å². The first kappa shape index (κ1) is 22.1. The minimum absolute atomic E-state index is 0.231. The van der Waals surface area contributed by atoms with E-state index in [1.165, 1.54) is 13.2 Å². The highest BCUT2D eigenvalue weighted by molar-refractivity contribution is 5.97. The zero-order valence-corrected chi connectivity index (χ0v) is 17.8. The largest absolute Gasteiger partial charge is 0.494 e. The normalized spacial score (nSPS) is 10.9. The highest BCUT2D eigenvalue weighted by atomic mass is 19.2. The van der Waals surface area contributed by atoms with Gasteiger partial charge in [0.1, 0.15) is 17.1 Å². The van der Waals surface area contributed by atoms with Crippen LogP contribution >= 0.6 is 0 Å². The lowest BCUT2D eigenvalue weighted by atomic mass is 10.0. The average molecular weight is 449 g/mol. The first-order valence-corrected chi connectivity index (χ1v) is 10.2. The number of anilines is 1. The summed E-state index contributed by atoms with van der Waals surface area (Å²) in [6, 6.07) is 10.8. The van der Waals surface area contributed by atoms with E-state index in [2.05, 4.69) is 20.3 Å². The van der Waals surface area contributed by atoms with Crippen molar-refractivity contribution in [3.8, 4) is 28.3 Å². The molecule has 0 aliphatic carbocycles. The molecule has 33 heavy (non-hydrogen) atoms. The van der Waals surface area contributed by atoms with Crippen LogP contribution in [-0.2, 0) is 4.79 Å². The number of nitrogens with zero attached hydrogens (tertiary/aromatic N) is 3. The number of benzene rings is 2. The Bertz CT molecular complexity index is 1320. The van der Waals surface area contributed by atoms with Gasteiger partial charge < -0.3 is 15.8 Å². The summed E-state index contributed by atoms with van der Waals surface area (Å²) in [5, 5.41) is 3.86. The second-order valence-corrected chi connectivity index (χ2v) is 7.34. The summed E-state index contributed by atoms with van der Waals surface area (Å²) in [5.74, 6) is -0.868. The van der Waals surface area contributed by atoms with Crippen LogP contribution in [0.1, 0.15) is 12.8 Å². The fraction of sp³-hybridized carbons (Fsp3) is 0.167. The van der Waals surface area contributed by atoms with Crippen molar-refractivity contribution >= 4 is 22.6 Å². The second-order valence-electron chi connectivity index (χ2n) is 7.34. The predicted octanol–water partition coefficient (Wildman–Crippen LogP) is 4.32. The van der Waals surface area contributed by atoms with Gasteiger partial charge in [-0.3, -0.25) is 9.78 Å². The molecule has 2 heterocycles. The number of halogens is 2. The summed E-state index contributed by atoms with van der Waals surface area (Å²) in [7, 11) is 1.51. The molecular weight excluding hydrogens is 428 g/mol. The van der Waals surface area contributed by atoms with Gasteiger partial charge in [0.2, 0.25) is 5.91 Å². The van der Waals surface area contributed by atoms with Crippen LogP contribution < -0.4 is 15.8 Å². The number of rotatable bonds is 8. The number of pyridine rings is 1. The van der Waals surface area contributed by atoms with Crippen molar-refractivity contribution in [2.24, 2.45) is 5.73 Å². The van der Waals surface area contributed by atoms with E-state index < -0.39 is 11.6 Å². The molecular formula is C24H21F2N5O2. The third-order valence-electron chi connectivity index (χ3n) is 5.05. The molecule has 0 aliphatic heterocycles. The molecule has 2 aromatic carbocycles. The lowest BCUT2D eigenvalue weighted by Crippen LogP contribution is -2.13. The summed E-state index contributed by atoms with van der Waals surface area (Å²) in [5.41, 5.74) is 7.57. The van der Waals surface area contributed by atoms with E-state index in [0.29, 0.717) is 58.0 Å². The van der Waals surface area contributed by atoms with Crippen molar-refractivity contribution in [2.75, 3.05) is 19.0 Å². The molecule has 9 heteroatoms. The van der Waals surface area contributed by atoms with Crippen molar-refractivity contribution in [1.29, 1.82) is 0 Å². The molecule has 1 amide bonds. The first-order chi connectivity index (χ1) is 16.0. The molecule has 0 bridgehead atoms. The Hall–Kier alpha value is -4.14. The molecule has 0 spiro atoms. The molecule has 0 aliphatic rings. The number of hydrogen-bond acceptors (Lipinski definition) is 6. The van der Waals surface area contributed by atoms with E-state index in [9.17, 15) is 13.6 Å². The van der Waals surface area contributed by atoms with Crippen molar-refractivity contribution in [3.05, 3.63) is 66.5 Å². The molecule has 0 unspecified atom stereocenters. The van der Waals surface area contributed by atoms with Crippen LogP contribution in [0.25, 0.3) is 33.4 Å². The van der Waals surface area contributed by atoms with Gasteiger partial charge in [-0.15, -0.1) is 0 Å². The molecule has 2 aromatic heterocycles. The van der Waals surface area contributed by atoms with Gasteiger partial charge in [-0.1, -0.05) is 6.07 Å². The summed E-state index contributed by atoms with van der Waals surface area (Å²) in [6.07, 6.45) is 4.06. The minimum Gasteiger partial charge on any atom is -0.494 e. The van der Waals surface area contributed by atoms with Gasteiger partial charge in [0.05, 0.1) is 7.11 Å². The highest BCUT2D eigenvalue weighted by Crippen LogP contribution is 2.36. The predicted molar refractivity (Wildman–Crippen MR) is 122 cm³/mol. The maximum absolute atomic E-state index is 13.9. The van der Waals surface area contributed by atoms with Crippen molar-refractivity contribution in [3.63, 3.8) is 0 Å². The van der Waals surface area contributed by atoms with Crippen molar-refractivity contribution < 1.29 is 18.3 Å². The molecule has 4 rings (SSSR count). The topological polar surface area (TPSA) is 103 Å². The molecule has 0 saturated carbocycles. The molecule has 168 valence electrons. The number of nitrogens with two attached hydrogens (primary N) is 1. The van der Waals surface area contributed by atoms with E-state index in [0.717, 1.165) is 12.1 Å². The quantitative estimate of drug-likeness (QED) is 0.388. The number of primary amides is 1. The van der Waals surface area contributed by atoms with Crippen LogP contribution in [0.5, 0.6) is 5.75 Å². The van der Waals surface area contributed by atoms with Gasteiger partial charge in [-0.25, -0.2) is 18.7 Å². The average Bonchev–Trinajstić information content (AvgIpc) is 2.83.